The smallest absolute Gasteiger partial charge is 0.216 e. The summed E-state index contributed by atoms with van der Waals surface area (Å²) in [4.78, 5) is 0. The zero-order valence-corrected chi connectivity index (χ0v) is 13.1. The standard InChI is InChI=1S/C8H6ClN3O2S2.Na/c9-6-3-1-5(2-4-6)7-10-11-8(15-7)12-16(13)14;/h1-4H,(H,11,12)(H,13,14);/p-1. The first-order chi connectivity index (χ1) is 7.65. The largest absolute Gasteiger partial charge is 0.755 e. The van der Waals surface area contributed by atoms with Gasteiger partial charge in [-0.3, -0.25) is 8.93 Å². The van der Waals surface area contributed by atoms with E-state index in [1.54, 1.807) is 24.3 Å². The molecule has 1 aromatic heterocycles. The number of nitrogens with zero attached hydrogens (tertiary/aromatic N) is 2. The summed E-state index contributed by atoms with van der Waals surface area (Å²) in [5, 5.41) is 9.04. The Kier molecular flexibility index (Phi) is 6.01. The third kappa shape index (κ3) is 4.29. The van der Waals surface area contributed by atoms with E-state index < -0.39 is 11.3 Å². The van der Waals surface area contributed by atoms with Gasteiger partial charge in [-0.2, -0.15) is 0 Å². The van der Waals surface area contributed by atoms with Gasteiger partial charge in [0.05, 0.1) is 0 Å². The van der Waals surface area contributed by atoms with Crippen LogP contribution in [-0.2, 0) is 11.3 Å². The number of hydrogen-bond acceptors (Lipinski definition) is 5. The van der Waals surface area contributed by atoms with Crippen LogP contribution in [0.2, 0.25) is 5.02 Å². The zero-order valence-electron chi connectivity index (χ0n) is 8.71. The molecule has 85 valence electrons. The van der Waals surface area contributed by atoms with Crippen LogP contribution in [-0.4, -0.2) is 48.5 Å². The molecule has 0 spiro atoms. The van der Waals surface area contributed by atoms with Crippen molar-refractivity contribution in [3.05, 3.63) is 29.3 Å². The van der Waals surface area contributed by atoms with Gasteiger partial charge in [-0.15, -0.1) is 10.2 Å². The Morgan fingerprint density at radius 1 is 1.29 bits per heavy atom. The summed E-state index contributed by atoms with van der Waals surface area (Å²) in [6.07, 6.45) is 0. The molecule has 2 aromatic rings. The fourth-order valence-corrected chi connectivity index (χ4v) is 2.33. The normalized spacial score (nSPS) is 11.6. The van der Waals surface area contributed by atoms with Crippen molar-refractivity contribution in [1.82, 2.24) is 10.2 Å². The van der Waals surface area contributed by atoms with E-state index in [0.29, 0.717) is 10.0 Å². The molecule has 9 heteroatoms. The van der Waals surface area contributed by atoms with Gasteiger partial charge in [0.25, 0.3) is 0 Å². The maximum absolute atomic E-state index is 10.4. The van der Waals surface area contributed by atoms with Crippen molar-refractivity contribution in [1.29, 1.82) is 0 Å². The van der Waals surface area contributed by atoms with E-state index in [-0.39, 0.29) is 34.7 Å². The molecule has 0 aliphatic carbocycles. The number of benzene rings is 1. The van der Waals surface area contributed by atoms with Crippen LogP contribution < -0.4 is 4.72 Å². The van der Waals surface area contributed by atoms with Crippen LogP contribution in [0, 0.1) is 0 Å². The molecule has 0 aliphatic rings. The first kappa shape index (κ1) is 15.0. The van der Waals surface area contributed by atoms with Crippen LogP contribution >= 0.6 is 22.9 Å². The van der Waals surface area contributed by atoms with Gasteiger partial charge < -0.3 is 4.55 Å². The Balaban J connectivity index is 0.00000144. The first-order valence-electron chi connectivity index (χ1n) is 4.10. The molecule has 0 fully saturated rings. The van der Waals surface area contributed by atoms with Gasteiger partial charge in [-0.1, -0.05) is 35.1 Å². The van der Waals surface area contributed by atoms with Crippen molar-refractivity contribution in [3.63, 3.8) is 0 Å². The Labute approximate surface area is 131 Å². The summed E-state index contributed by atoms with van der Waals surface area (Å²) < 4.78 is 22.9. The summed E-state index contributed by atoms with van der Waals surface area (Å²) in [5.41, 5.74) is 0.839. The van der Waals surface area contributed by atoms with Crippen molar-refractivity contribution in [2.75, 3.05) is 4.72 Å². The van der Waals surface area contributed by atoms with Crippen LogP contribution in [0.25, 0.3) is 10.6 Å². The number of rotatable bonds is 3. The summed E-state index contributed by atoms with van der Waals surface area (Å²) in [5.74, 6) is 0. The summed E-state index contributed by atoms with van der Waals surface area (Å²) in [6.45, 7) is 0. The Bertz CT molecular complexity index is 520. The SMILES string of the molecule is O=S([O-])Nc1nnc(-c2ccc(Cl)cc2)s1.[Na]. The van der Waals surface area contributed by atoms with E-state index in [9.17, 15) is 8.76 Å². The van der Waals surface area contributed by atoms with Gasteiger partial charge in [0.2, 0.25) is 5.13 Å². The predicted molar refractivity (Wildman–Crippen MR) is 68.7 cm³/mol. The maximum atomic E-state index is 10.4. The molecule has 0 bridgehead atoms. The number of halogens is 1. The topological polar surface area (TPSA) is 77.9 Å². The third-order valence-electron chi connectivity index (χ3n) is 1.69. The van der Waals surface area contributed by atoms with Crippen molar-refractivity contribution >= 4 is 68.9 Å². The van der Waals surface area contributed by atoms with Crippen molar-refractivity contribution in [2.24, 2.45) is 0 Å². The van der Waals surface area contributed by atoms with Gasteiger partial charge in [-0.25, -0.2) is 0 Å². The average molecular weight is 298 g/mol. The second-order valence-electron chi connectivity index (χ2n) is 2.76. The minimum absolute atomic E-state index is 0. The van der Waals surface area contributed by atoms with Crippen molar-refractivity contribution in [3.8, 4) is 10.6 Å². The third-order valence-corrected chi connectivity index (χ3v) is 3.32. The minimum atomic E-state index is -2.38. The molecule has 0 saturated carbocycles. The fourth-order valence-electron chi connectivity index (χ4n) is 1.04. The monoisotopic (exact) mass is 297 g/mol. The molecule has 0 amide bonds. The second kappa shape index (κ2) is 6.79. The van der Waals surface area contributed by atoms with E-state index in [2.05, 4.69) is 14.9 Å². The molecule has 5 nitrogen and oxygen atoms in total. The number of aromatic nitrogens is 2. The molecule has 1 heterocycles. The number of nitrogens with one attached hydrogen (secondary N) is 1. The molecule has 1 atom stereocenters. The molecule has 1 radical (unpaired) electrons. The van der Waals surface area contributed by atoms with E-state index in [4.69, 9.17) is 11.6 Å². The number of hydrogen-bond donors (Lipinski definition) is 1. The Hall–Kier alpha value is -0.0200. The van der Waals surface area contributed by atoms with Crippen molar-refractivity contribution < 1.29 is 8.76 Å². The van der Waals surface area contributed by atoms with E-state index in [1.807, 2.05) is 0 Å². The zero-order chi connectivity index (χ0) is 11.5. The molecule has 1 unspecified atom stereocenters. The van der Waals surface area contributed by atoms with Gasteiger partial charge in [0, 0.05) is 51.4 Å². The summed E-state index contributed by atoms with van der Waals surface area (Å²) >= 11 is 4.52. The Morgan fingerprint density at radius 3 is 2.53 bits per heavy atom. The van der Waals surface area contributed by atoms with Crippen molar-refractivity contribution in [2.45, 2.75) is 0 Å². The summed E-state index contributed by atoms with van der Waals surface area (Å²) in [6, 6.07) is 7.05. The molecule has 1 N–H and O–H groups in total. The molecule has 1 aromatic carbocycles. The Morgan fingerprint density at radius 2 is 1.94 bits per heavy atom. The quantitative estimate of drug-likeness (QED) is 0.691. The maximum Gasteiger partial charge on any atom is 0.216 e. The van der Waals surface area contributed by atoms with E-state index in [0.717, 1.165) is 16.9 Å². The van der Waals surface area contributed by atoms with E-state index >= 15 is 0 Å². The molecule has 2 rings (SSSR count). The van der Waals surface area contributed by atoms with Gasteiger partial charge in [0.1, 0.15) is 5.01 Å². The van der Waals surface area contributed by atoms with Crippen LogP contribution in [0.3, 0.4) is 0 Å². The second-order valence-corrected chi connectivity index (χ2v) is 4.84. The summed E-state index contributed by atoms with van der Waals surface area (Å²) in [7, 11) is 0. The van der Waals surface area contributed by atoms with Crippen LogP contribution in [0.4, 0.5) is 5.13 Å². The first-order valence-corrected chi connectivity index (χ1v) is 6.37. The molecular formula is C8H5ClN3NaO2S2-. The van der Waals surface area contributed by atoms with Gasteiger partial charge in [0.15, 0.2) is 0 Å². The van der Waals surface area contributed by atoms with Gasteiger partial charge in [-0.05, 0) is 12.1 Å². The van der Waals surface area contributed by atoms with E-state index in [1.165, 1.54) is 0 Å². The van der Waals surface area contributed by atoms with Crippen LogP contribution in [0.15, 0.2) is 24.3 Å². The average Bonchev–Trinajstić information content (AvgIpc) is 2.66. The molecule has 0 saturated heterocycles. The molecule has 17 heavy (non-hydrogen) atoms. The molecular weight excluding hydrogens is 293 g/mol. The number of anilines is 1. The van der Waals surface area contributed by atoms with Crippen LogP contribution in [0.5, 0.6) is 0 Å². The minimum Gasteiger partial charge on any atom is -0.755 e. The van der Waals surface area contributed by atoms with Gasteiger partial charge >= 0.3 is 0 Å². The predicted octanol–water partition coefficient (Wildman–Crippen LogP) is 1.68. The van der Waals surface area contributed by atoms with Crippen LogP contribution in [0.1, 0.15) is 0 Å². The molecule has 0 aliphatic heterocycles. The fraction of sp³-hybridized carbons (Fsp3) is 0.